The number of morpholine rings is 1. The van der Waals surface area contributed by atoms with Gasteiger partial charge in [0.15, 0.2) is 5.60 Å². The topological polar surface area (TPSA) is 216 Å². The first-order chi connectivity index (χ1) is 19.7. The summed E-state index contributed by atoms with van der Waals surface area (Å²) in [7, 11) is 1.17. The van der Waals surface area contributed by atoms with E-state index in [1.807, 2.05) is 0 Å². The van der Waals surface area contributed by atoms with E-state index in [0.29, 0.717) is 39.3 Å². The molecule has 0 bridgehead atoms. The highest BCUT2D eigenvalue weighted by Gasteiger charge is 2.56. The van der Waals surface area contributed by atoms with Gasteiger partial charge in [0.2, 0.25) is 5.91 Å². The summed E-state index contributed by atoms with van der Waals surface area (Å²) in [5.41, 5.74) is 5.68. The van der Waals surface area contributed by atoms with Crippen LogP contribution in [0.2, 0.25) is 0 Å². The molecule has 7 atom stereocenters. The summed E-state index contributed by atoms with van der Waals surface area (Å²) in [6.45, 7) is 8.51. The Morgan fingerprint density at radius 1 is 1.26 bits per heavy atom. The third-order valence-corrected chi connectivity index (χ3v) is 7.98. The molecule has 0 aromatic rings. The number of rotatable bonds is 9. The lowest BCUT2D eigenvalue weighted by Crippen LogP contribution is -2.68. The zero-order valence-electron chi connectivity index (χ0n) is 24.9. The average molecular weight is 601 g/mol. The van der Waals surface area contributed by atoms with Crippen LogP contribution in [-0.4, -0.2) is 143 Å². The molecular formula is C26H44N6O10. The summed E-state index contributed by atoms with van der Waals surface area (Å²) < 4.78 is 22.6. The lowest BCUT2D eigenvalue weighted by atomic mass is 9.81. The second-order valence-electron chi connectivity index (χ2n) is 12.2. The minimum Gasteiger partial charge on any atom is -0.467 e. The van der Waals surface area contributed by atoms with E-state index in [0.717, 1.165) is 0 Å². The number of carbonyl (C=O) groups is 3. The number of likely N-dealkylation sites (tertiary alicyclic amines) is 1. The summed E-state index contributed by atoms with van der Waals surface area (Å²) in [5, 5.41) is 38.3. The van der Waals surface area contributed by atoms with Crippen LogP contribution in [0, 0.1) is 0 Å². The normalized spacial score (nSPS) is 31.6. The molecule has 3 aliphatic rings. The Balaban J connectivity index is 1.85. The van der Waals surface area contributed by atoms with Crippen molar-refractivity contribution in [2.24, 2.45) is 5.11 Å². The third kappa shape index (κ3) is 7.81. The van der Waals surface area contributed by atoms with Crippen LogP contribution in [0.5, 0.6) is 0 Å². The second kappa shape index (κ2) is 13.7. The van der Waals surface area contributed by atoms with Gasteiger partial charge in [-0.05, 0) is 32.7 Å². The molecular weight excluding hydrogens is 556 g/mol. The standard InChI is InChI=1S/C26H44N6O10/c1-16(33)29-19-17(34)12-26(22(37)39-5,41-21(19)20(36)18(35)13-28-30-27)7-9-32-10-11-40-15-25(32)6-8-31(14-25)23(38)42-24(2,3)4/h17-21,34-36H,6-15H2,1-5H3,(H,29,33)/t17-,18+,19+,20+,21+,25-,26+/m0/s1. The Labute approximate surface area is 244 Å². The van der Waals surface area contributed by atoms with Crippen molar-refractivity contribution >= 4 is 18.0 Å². The van der Waals surface area contributed by atoms with Crippen molar-refractivity contribution in [3.05, 3.63) is 10.4 Å². The van der Waals surface area contributed by atoms with E-state index in [2.05, 4.69) is 20.2 Å². The minimum absolute atomic E-state index is 0.0212. The molecule has 16 nitrogen and oxygen atoms in total. The molecule has 4 N–H and O–H groups in total. The van der Waals surface area contributed by atoms with Crippen LogP contribution in [0.25, 0.3) is 10.4 Å². The fraction of sp³-hybridized carbons (Fsp3) is 0.885. The zero-order chi connectivity index (χ0) is 31.3. The average Bonchev–Trinajstić information content (AvgIpc) is 3.35. The van der Waals surface area contributed by atoms with Crippen molar-refractivity contribution in [2.45, 2.75) is 94.2 Å². The maximum Gasteiger partial charge on any atom is 0.410 e. The molecule has 3 fully saturated rings. The predicted molar refractivity (Wildman–Crippen MR) is 146 cm³/mol. The molecule has 3 aliphatic heterocycles. The van der Waals surface area contributed by atoms with E-state index in [4.69, 9.17) is 24.5 Å². The highest BCUT2D eigenvalue weighted by Crippen LogP contribution is 2.38. The molecule has 2 amide bonds. The fourth-order valence-corrected chi connectivity index (χ4v) is 5.93. The number of esters is 1. The molecule has 0 aliphatic carbocycles. The van der Waals surface area contributed by atoms with Gasteiger partial charge < -0.3 is 44.5 Å². The predicted octanol–water partition coefficient (Wildman–Crippen LogP) is -0.313. The first-order valence-corrected chi connectivity index (χ1v) is 14.1. The van der Waals surface area contributed by atoms with Gasteiger partial charge in [0.05, 0.1) is 50.7 Å². The summed E-state index contributed by atoms with van der Waals surface area (Å²) >= 11 is 0. The van der Waals surface area contributed by atoms with Crippen LogP contribution in [0.15, 0.2) is 5.11 Å². The minimum atomic E-state index is -1.75. The van der Waals surface area contributed by atoms with E-state index in [1.54, 1.807) is 25.7 Å². The molecule has 0 unspecified atom stereocenters. The molecule has 3 saturated heterocycles. The Hall–Kier alpha value is -2.72. The summed E-state index contributed by atoms with van der Waals surface area (Å²) in [5.74, 6) is -1.32. The number of aliphatic hydroxyl groups is 3. The summed E-state index contributed by atoms with van der Waals surface area (Å²) in [4.78, 5) is 44.3. The van der Waals surface area contributed by atoms with Crippen molar-refractivity contribution in [1.29, 1.82) is 0 Å². The number of hydrogen-bond donors (Lipinski definition) is 4. The monoisotopic (exact) mass is 600 g/mol. The van der Waals surface area contributed by atoms with Gasteiger partial charge in [-0.25, -0.2) is 9.59 Å². The van der Waals surface area contributed by atoms with Crippen molar-refractivity contribution in [1.82, 2.24) is 15.1 Å². The van der Waals surface area contributed by atoms with E-state index in [-0.39, 0.29) is 19.4 Å². The van der Waals surface area contributed by atoms with Gasteiger partial charge in [-0.1, -0.05) is 5.11 Å². The Bertz CT molecular complexity index is 1040. The molecule has 0 radical (unpaired) electrons. The lowest BCUT2D eigenvalue weighted by molar-refractivity contribution is -0.232. The number of methoxy groups -OCH3 is 1. The smallest absolute Gasteiger partial charge is 0.410 e. The molecule has 0 aromatic heterocycles. The van der Waals surface area contributed by atoms with Crippen LogP contribution < -0.4 is 5.32 Å². The van der Waals surface area contributed by atoms with Gasteiger partial charge in [0.1, 0.15) is 17.8 Å². The Morgan fingerprint density at radius 2 is 1.98 bits per heavy atom. The molecule has 1 spiro atoms. The maximum absolute atomic E-state index is 13.3. The van der Waals surface area contributed by atoms with Crippen LogP contribution in [0.4, 0.5) is 4.79 Å². The highest BCUT2D eigenvalue weighted by molar-refractivity contribution is 5.80. The van der Waals surface area contributed by atoms with E-state index < -0.39 is 71.7 Å². The molecule has 42 heavy (non-hydrogen) atoms. The fourth-order valence-electron chi connectivity index (χ4n) is 5.93. The largest absolute Gasteiger partial charge is 0.467 e. The van der Waals surface area contributed by atoms with Crippen molar-refractivity contribution < 1.29 is 48.7 Å². The number of nitrogens with zero attached hydrogens (tertiary/aromatic N) is 5. The first-order valence-electron chi connectivity index (χ1n) is 14.1. The SMILES string of the molecule is COC(=O)[C@@]1(CCN2CCOC[C@@]23CCN(C(=O)OC(C)(C)C)C3)C[C@H](O)[C@@H](NC(C)=O)[C@H]([C@H](O)[C@H](O)CN=[N+]=[N-])O1. The van der Waals surface area contributed by atoms with Gasteiger partial charge in [-0.2, -0.15) is 0 Å². The number of carbonyl (C=O) groups excluding carboxylic acids is 3. The molecule has 16 heteroatoms. The van der Waals surface area contributed by atoms with Gasteiger partial charge >= 0.3 is 12.1 Å². The van der Waals surface area contributed by atoms with Gasteiger partial charge in [-0.3, -0.25) is 9.69 Å². The van der Waals surface area contributed by atoms with Gasteiger partial charge in [-0.15, -0.1) is 0 Å². The number of azide groups is 1. The third-order valence-electron chi connectivity index (χ3n) is 7.98. The molecule has 3 heterocycles. The summed E-state index contributed by atoms with van der Waals surface area (Å²) in [6, 6.07) is -1.18. The second-order valence-corrected chi connectivity index (χ2v) is 12.2. The van der Waals surface area contributed by atoms with Crippen LogP contribution >= 0.6 is 0 Å². The quantitative estimate of drug-likeness (QED) is 0.116. The number of amides is 2. The molecule has 0 saturated carbocycles. The van der Waals surface area contributed by atoms with Gasteiger partial charge in [0.25, 0.3) is 0 Å². The molecule has 238 valence electrons. The van der Waals surface area contributed by atoms with E-state index >= 15 is 0 Å². The van der Waals surface area contributed by atoms with Crippen molar-refractivity contribution in [2.75, 3.05) is 53.0 Å². The maximum atomic E-state index is 13.3. The first kappa shape index (κ1) is 33.8. The van der Waals surface area contributed by atoms with Crippen molar-refractivity contribution in [3.8, 4) is 0 Å². The number of aliphatic hydroxyl groups excluding tert-OH is 3. The Morgan fingerprint density at radius 3 is 2.60 bits per heavy atom. The van der Waals surface area contributed by atoms with E-state index in [9.17, 15) is 29.7 Å². The number of hydrogen-bond acceptors (Lipinski definition) is 12. The molecule has 0 aromatic carbocycles. The summed E-state index contributed by atoms with van der Waals surface area (Å²) in [6.07, 6.45) is -6.21. The number of ether oxygens (including phenoxy) is 4. The lowest BCUT2D eigenvalue weighted by Gasteiger charge is -2.49. The van der Waals surface area contributed by atoms with Crippen LogP contribution in [-0.2, 0) is 28.5 Å². The Kier molecular flexibility index (Phi) is 11.0. The van der Waals surface area contributed by atoms with Gasteiger partial charge in [0, 0.05) is 50.9 Å². The van der Waals surface area contributed by atoms with Crippen molar-refractivity contribution in [3.63, 3.8) is 0 Å². The highest BCUT2D eigenvalue weighted by atomic mass is 16.6. The zero-order valence-corrected chi connectivity index (χ0v) is 24.9. The van der Waals surface area contributed by atoms with Crippen LogP contribution in [0.3, 0.4) is 0 Å². The molecule has 3 rings (SSSR count). The number of nitrogens with one attached hydrogen (secondary N) is 1. The van der Waals surface area contributed by atoms with Crippen LogP contribution in [0.1, 0.15) is 47.0 Å². The van der Waals surface area contributed by atoms with E-state index in [1.165, 1.54) is 14.0 Å².